The predicted molar refractivity (Wildman–Crippen MR) is 289 cm³/mol. The number of esters is 3. The highest BCUT2D eigenvalue weighted by Gasteiger charge is 2.19. The second-order valence-corrected chi connectivity index (χ2v) is 20.3. The molecule has 0 aromatic heterocycles. The van der Waals surface area contributed by atoms with Crippen LogP contribution in [0.4, 0.5) is 0 Å². The Morgan fingerprint density at radius 2 is 0.507 bits per heavy atom. The van der Waals surface area contributed by atoms with Crippen LogP contribution in [0.5, 0.6) is 0 Å². The molecule has 394 valence electrons. The molecular weight excluding hydrogens is 829 g/mol. The molecule has 0 aliphatic carbocycles. The number of allylic oxidation sites excluding steroid dienone is 4. The van der Waals surface area contributed by atoms with Gasteiger partial charge in [0.2, 0.25) is 0 Å². The Bertz CT molecular complexity index is 1080. The minimum absolute atomic E-state index is 0.0729. The van der Waals surface area contributed by atoms with Crippen molar-refractivity contribution in [2.24, 2.45) is 0 Å². The van der Waals surface area contributed by atoms with E-state index >= 15 is 0 Å². The van der Waals surface area contributed by atoms with Crippen LogP contribution in [0.1, 0.15) is 329 Å². The summed E-state index contributed by atoms with van der Waals surface area (Å²) in [6, 6.07) is 0. The van der Waals surface area contributed by atoms with Gasteiger partial charge in [0.1, 0.15) is 13.2 Å². The van der Waals surface area contributed by atoms with Gasteiger partial charge in [-0.05, 0) is 64.2 Å². The second-order valence-electron chi connectivity index (χ2n) is 20.3. The molecule has 0 amide bonds. The van der Waals surface area contributed by atoms with Crippen molar-refractivity contribution < 1.29 is 28.6 Å². The van der Waals surface area contributed by atoms with Gasteiger partial charge in [0.25, 0.3) is 0 Å². The van der Waals surface area contributed by atoms with E-state index in [1.807, 2.05) is 0 Å². The van der Waals surface area contributed by atoms with E-state index in [0.29, 0.717) is 19.3 Å². The van der Waals surface area contributed by atoms with Crippen molar-refractivity contribution in [1.82, 2.24) is 0 Å². The number of unbranched alkanes of at least 4 members (excludes halogenated alkanes) is 40. The van der Waals surface area contributed by atoms with Crippen molar-refractivity contribution in [3.8, 4) is 0 Å². The molecule has 0 aliphatic rings. The van der Waals surface area contributed by atoms with Crippen LogP contribution in [0.15, 0.2) is 24.3 Å². The predicted octanol–water partition coefficient (Wildman–Crippen LogP) is 19.9. The van der Waals surface area contributed by atoms with Gasteiger partial charge in [0.15, 0.2) is 6.10 Å². The van der Waals surface area contributed by atoms with Gasteiger partial charge in [-0.1, -0.05) is 270 Å². The van der Waals surface area contributed by atoms with Crippen LogP contribution in [0, 0.1) is 0 Å². The first-order valence-corrected chi connectivity index (χ1v) is 29.8. The minimum Gasteiger partial charge on any atom is -0.462 e. The number of ether oxygens (including phenoxy) is 3. The number of hydrogen-bond acceptors (Lipinski definition) is 6. The number of rotatable bonds is 55. The molecule has 0 saturated carbocycles. The highest BCUT2D eigenvalue weighted by molar-refractivity contribution is 5.71. The van der Waals surface area contributed by atoms with E-state index in [0.717, 1.165) is 70.6 Å². The zero-order valence-electron chi connectivity index (χ0n) is 45.2. The lowest BCUT2D eigenvalue weighted by molar-refractivity contribution is -0.167. The summed E-state index contributed by atoms with van der Waals surface area (Å²) in [5, 5.41) is 0. The molecule has 0 aromatic carbocycles. The van der Waals surface area contributed by atoms with Crippen molar-refractivity contribution in [2.45, 2.75) is 335 Å². The molecule has 0 bridgehead atoms. The van der Waals surface area contributed by atoms with Gasteiger partial charge in [-0.15, -0.1) is 0 Å². The molecule has 0 aromatic rings. The van der Waals surface area contributed by atoms with E-state index in [1.165, 1.54) is 218 Å². The Morgan fingerprint density at radius 1 is 0.284 bits per heavy atom. The maximum absolute atomic E-state index is 12.8. The maximum atomic E-state index is 12.8. The van der Waals surface area contributed by atoms with E-state index in [9.17, 15) is 14.4 Å². The highest BCUT2D eigenvalue weighted by Crippen LogP contribution is 2.17. The standard InChI is InChI=1S/C61H114O6/c1-4-7-10-13-16-19-22-24-26-28-29-30-31-32-33-35-36-39-42-45-48-51-54-60(63)66-57-58(56-65-59(62)53-50-47-44-41-38-21-18-15-12-9-6-3)67-61(64)55-52-49-46-43-40-37-34-27-25-23-20-17-14-11-8-5-2/h15,18,27,34,58H,4-14,16-17,19-26,28-33,35-57H2,1-3H3/b18-15-,34-27-. The summed E-state index contributed by atoms with van der Waals surface area (Å²) in [4.78, 5) is 38.1. The molecule has 0 spiro atoms. The normalized spacial score (nSPS) is 12.1. The van der Waals surface area contributed by atoms with Crippen molar-refractivity contribution in [1.29, 1.82) is 0 Å². The fraction of sp³-hybridized carbons (Fsp3) is 0.885. The molecule has 1 unspecified atom stereocenters. The molecule has 0 heterocycles. The van der Waals surface area contributed by atoms with Gasteiger partial charge in [0, 0.05) is 19.3 Å². The molecule has 6 nitrogen and oxygen atoms in total. The highest BCUT2D eigenvalue weighted by atomic mass is 16.6. The van der Waals surface area contributed by atoms with E-state index in [1.54, 1.807) is 0 Å². The summed E-state index contributed by atoms with van der Waals surface area (Å²) in [6.45, 7) is 6.64. The Kier molecular flexibility index (Phi) is 54.7. The van der Waals surface area contributed by atoms with Crippen LogP contribution in [0.3, 0.4) is 0 Å². The molecule has 0 N–H and O–H groups in total. The summed E-state index contributed by atoms with van der Waals surface area (Å²) in [5.41, 5.74) is 0. The third-order valence-corrected chi connectivity index (χ3v) is 13.4. The summed E-state index contributed by atoms with van der Waals surface area (Å²) < 4.78 is 16.9. The molecule has 1 atom stereocenters. The summed E-state index contributed by atoms with van der Waals surface area (Å²) >= 11 is 0. The van der Waals surface area contributed by atoms with Gasteiger partial charge >= 0.3 is 17.9 Å². The summed E-state index contributed by atoms with van der Waals surface area (Å²) in [5.74, 6) is -0.872. The van der Waals surface area contributed by atoms with Crippen LogP contribution >= 0.6 is 0 Å². The van der Waals surface area contributed by atoms with Crippen molar-refractivity contribution >= 4 is 17.9 Å². The van der Waals surface area contributed by atoms with Crippen molar-refractivity contribution in [2.75, 3.05) is 13.2 Å². The lowest BCUT2D eigenvalue weighted by Gasteiger charge is -2.18. The first-order chi connectivity index (χ1) is 33.0. The maximum Gasteiger partial charge on any atom is 0.306 e. The summed E-state index contributed by atoms with van der Waals surface area (Å²) in [6.07, 6.45) is 66.1. The third kappa shape index (κ3) is 54.7. The summed E-state index contributed by atoms with van der Waals surface area (Å²) in [7, 11) is 0. The molecule has 0 rings (SSSR count). The zero-order chi connectivity index (χ0) is 48.6. The largest absolute Gasteiger partial charge is 0.462 e. The number of carbonyl (C=O) groups excluding carboxylic acids is 3. The van der Waals surface area contributed by atoms with E-state index in [4.69, 9.17) is 14.2 Å². The SMILES string of the molecule is CCCC/C=C\CCCCCCCC(=O)OCC(COC(=O)CCCCCCCCCCCCCCCCCCCCCCCC)OC(=O)CCCCCCC/C=C\CCCCCCCCC. The Balaban J connectivity index is 4.24. The first kappa shape index (κ1) is 64.9. The smallest absolute Gasteiger partial charge is 0.306 e. The number of hydrogen-bond donors (Lipinski definition) is 0. The molecule has 6 heteroatoms. The van der Waals surface area contributed by atoms with E-state index in [2.05, 4.69) is 45.1 Å². The van der Waals surface area contributed by atoms with Crippen molar-refractivity contribution in [3.05, 3.63) is 24.3 Å². The molecule has 0 radical (unpaired) electrons. The quantitative estimate of drug-likeness (QED) is 0.0262. The topological polar surface area (TPSA) is 78.9 Å². The first-order valence-electron chi connectivity index (χ1n) is 29.8. The minimum atomic E-state index is -0.775. The van der Waals surface area contributed by atoms with E-state index in [-0.39, 0.29) is 31.1 Å². The molecule has 0 fully saturated rings. The Morgan fingerprint density at radius 3 is 0.791 bits per heavy atom. The average molecular weight is 944 g/mol. The van der Waals surface area contributed by atoms with Crippen molar-refractivity contribution in [3.63, 3.8) is 0 Å². The Hall–Kier alpha value is -2.11. The Labute approximate surface area is 417 Å². The van der Waals surface area contributed by atoms with E-state index < -0.39 is 6.10 Å². The molecule has 67 heavy (non-hydrogen) atoms. The van der Waals surface area contributed by atoms with Gasteiger partial charge in [0.05, 0.1) is 0 Å². The lowest BCUT2D eigenvalue weighted by atomic mass is 10.0. The van der Waals surface area contributed by atoms with Crippen LogP contribution in [0.2, 0.25) is 0 Å². The molecular formula is C61H114O6. The fourth-order valence-corrected chi connectivity index (χ4v) is 8.89. The van der Waals surface area contributed by atoms with Gasteiger partial charge in [-0.2, -0.15) is 0 Å². The number of carbonyl (C=O) groups is 3. The fourth-order valence-electron chi connectivity index (χ4n) is 8.89. The molecule has 0 saturated heterocycles. The van der Waals surface area contributed by atoms with Gasteiger partial charge < -0.3 is 14.2 Å². The van der Waals surface area contributed by atoms with Crippen LogP contribution in [0.25, 0.3) is 0 Å². The monoisotopic (exact) mass is 943 g/mol. The molecule has 0 aliphatic heterocycles. The van der Waals surface area contributed by atoms with Crippen LogP contribution in [-0.4, -0.2) is 37.2 Å². The zero-order valence-corrected chi connectivity index (χ0v) is 45.2. The second kappa shape index (κ2) is 56.5. The third-order valence-electron chi connectivity index (χ3n) is 13.4. The van der Waals surface area contributed by atoms with Crippen LogP contribution < -0.4 is 0 Å². The average Bonchev–Trinajstić information content (AvgIpc) is 3.33. The van der Waals surface area contributed by atoms with Crippen LogP contribution in [-0.2, 0) is 28.6 Å². The van der Waals surface area contributed by atoms with Gasteiger partial charge in [-0.25, -0.2) is 0 Å². The van der Waals surface area contributed by atoms with Gasteiger partial charge in [-0.3, -0.25) is 14.4 Å². The lowest BCUT2D eigenvalue weighted by Crippen LogP contribution is -2.30.